The second-order valence-electron chi connectivity index (χ2n) is 5.14. The number of benzene rings is 2. The lowest BCUT2D eigenvalue weighted by Crippen LogP contribution is -2.37. The van der Waals surface area contributed by atoms with Crippen LogP contribution in [0.4, 0.5) is 18.9 Å². The van der Waals surface area contributed by atoms with Gasteiger partial charge in [-0.3, -0.25) is 4.79 Å². The SMILES string of the molecule is C[C@H](Oc1ccc(C(=O)Nc2cccc(C(F)(F)F)c2)cc1)C(=O)[O-]. The van der Waals surface area contributed by atoms with Crippen LogP contribution in [0.15, 0.2) is 48.5 Å². The fraction of sp³-hybridized carbons (Fsp3) is 0.176. The molecule has 0 aliphatic carbocycles. The summed E-state index contributed by atoms with van der Waals surface area (Å²) in [6.07, 6.45) is -5.67. The van der Waals surface area contributed by atoms with Crippen molar-refractivity contribution in [1.29, 1.82) is 0 Å². The number of hydrogen-bond acceptors (Lipinski definition) is 4. The van der Waals surface area contributed by atoms with E-state index in [1.54, 1.807) is 0 Å². The number of hydrogen-bond donors (Lipinski definition) is 1. The number of carbonyl (C=O) groups is 2. The minimum absolute atomic E-state index is 0.00530. The van der Waals surface area contributed by atoms with Crippen molar-refractivity contribution in [2.75, 3.05) is 5.32 Å². The zero-order chi connectivity index (χ0) is 18.6. The van der Waals surface area contributed by atoms with Crippen molar-refractivity contribution in [3.05, 3.63) is 59.7 Å². The topological polar surface area (TPSA) is 78.5 Å². The monoisotopic (exact) mass is 352 g/mol. The number of rotatable bonds is 5. The van der Waals surface area contributed by atoms with Crippen LogP contribution in [0, 0.1) is 0 Å². The number of nitrogens with one attached hydrogen (secondary N) is 1. The molecule has 0 aliphatic rings. The van der Waals surface area contributed by atoms with Crippen molar-refractivity contribution in [2.45, 2.75) is 19.2 Å². The molecule has 0 aliphatic heterocycles. The van der Waals surface area contributed by atoms with Gasteiger partial charge in [0, 0.05) is 11.3 Å². The van der Waals surface area contributed by atoms with Gasteiger partial charge in [-0.2, -0.15) is 13.2 Å². The van der Waals surface area contributed by atoms with E-state index in [-0.39, 0.29) is 17.0 Å². The Bertz CT molecular complexity index is 772. The number of alkyl halides is 3. The van der Waals surface area contributed by atoms with Crippen molar-refractivity contribution in [3.63, 3.8) is 0 Å². The van der Waals surface area contributed by atoms with Gasteiger partial charge in [-0.1, -0.05) is 6.07 Å². The lowest BCUT2D eigenvalue weighted by Gasteiger charge is -2.15. The summed E-state index contributed by atoms with van der Waals surface area (Å²) < 4.78 is 43.0. The van der Waals surface area contributed by atoms with Crippen LogP contribution in [0.25, 0.3) is 0 Å². The predicted octanol–water partition coefficient (Wildman–Crippen LogP) is 2.47. The third-order valence-corrected chi connectivity index (χ3v) is 3.21. The van der Waals surface area contributed by atoms with Crippen LogP contribution in [0.5, 0.6) is 5.75 Å². The normalized spacial score (nSPS) is 12.3. The summed E-state index contributed by atoms with van der Waals surface area (Å²) in [5.41, 5.74) is -0.693. The zero-order valence-corrected chi connectivity index (χ0v) is 13.0. The molecule has 8 heteroatoms. The average Bonchev–Trinajstić information content (AvgIpc) is 2.54. The van der Waals surface area contributed by atoms with Gasteiger partial charge in [0.15, 0.2) is 0 Å². The average molecular weight is 352 g/mol. The van der Waals surface area contributed by atoms with Gasteiger partial charge in [0.1, 0.15) is 11.9 Å². The van der Waals surface area contributed by atoms with Crippen LogP contribution < -0.4 is 15.2 Å². The predicted molar refractivity (Wildman–Crippen MR) is 80.9 cm³/mol. The van der Waals surface area contributed by atoms with Gasteiger partial charge in [0.25, 0.3) is 5.91 Å². The number of amides is 1. The van der Waals surface area contributed by atoms with Gasteiger partial charge >= 0.3 is 6.18 Å². The van der Waals surface area contributed by atoms with Crippen molar-refractivity contribution in [1.82, 2.24) is 0 Å². The highest BCUT2D eigenvalue weighted by Gasteiger charge is 2.30. The fourth-order valence-electron chi connectivity index (χ4n) is 1.91. The quantitative estimate of drug-likeness (QED) is 0.897. The Kier molecular flexibility index (Phi) is 5.31. The van der Waals surface area contributed by atoms with E-state index in [4.69, 9.17) is 4.74 Å². The first-order valence-corrected chi connectivity index (χ1v) is 7.13. The summed E-state index contributed by atoms with van der Waals surface area (Å²) in [7, 11) is 0. The van der Waals surface area contributed by atoms with Crippen LogP contribution in [-0.4, -0.2) is 18.0 Å². The van der Waals surface area contributed by atoms with E-state index in [9.17, 15) is 27.9 Å². The smallest absolute Gasteiger partial charge is 0.416 e. The largest absolute Gasteiger partial charge is 0.546 e. The molecule has 132 valence electrons. The summed E-state index contributed by atoms with van der Waals surface area (Å²) in [6.45, 7) is 1.30. The first-order valence-electron chi connectivity index (χ1n) is 7.13. The molecule has 2 rings (SSSR count). The minimum Gasteiger partial charge on any atom is -0.546 e. The number of carboxylic acids is 1. The van der Waals surface area contributed by atoms with Crippen LogP contribution in [-0.2, 0) is 11.0 Å². The van der Waals surface area contributed by atoms with Crippen molar-refractivity contribution < 1.29 is 32.6 Å². The summed E-state index contributed by atoms with van der Waals surface area (Å²) in [4.78, 5) is 22.7. The zero-order valence-electron chi connectivity index (χ0n) is 13.0. The third kappa shape index (κ3) is 4.97. The Morgan fingerprint density at radius 1 is 1.12 bits per heavy atom. The number of carboxylic acid groups (broad SMARTS) is 1. The van der Waals surface area contributed by atoms with E-state index < -0.39 is 29.7 Å². The van der Waals surface area contributed by atoms with Crippen LogP contribution in [0.1, 0.15) is 22.8 Å². The summed E-state index contributed by atoms with van der Waals surface area (Å²) in [6, 6.07) is 9.74. The molecular weight excluding hydrogens is 339 g/mol. The van der Waals surface area contributed by atoms with Gasteiger partial charge in [-0.25, -0.2) is 0 Å². The molecule has 2 aromatic rings. The van der Waals surface area contributed by atoms with Crippen molar-refractivity contribution in [3.8, 4) is 5.75 Å². The van der Waals surface area contributed by atoms with E-state index in [0.717, 1.165) is 12.1 Å². The molecule has 1 atom stereocenters. The molecule has 1 amide bonds. The van der Waals surface area contributed by atoms with Crippen LogP contribution >= 0.6 is 0 Å². The summed E-state index contributed by atoms with van der Waals surface area (Å²) in [5, 5.41) is 13.0. The molecule has 0 radical (unpaired) electrons. The molecule has 25 heavy (non-hydrogen) atoms. The Morgan fingerprint density at radius 2 is 1.76 bits per heavy atom. The highest BCUT2D eigenvalue weighted by atomic mass is 19.4. The number of halogens is 3. The first kappa shape index (κ1) is 18.3. The minimum atomic E-state index is -4.50. The molecule has 0 saturated heterocycles. The van der Waals surface area contributed by atoms with Crippen LogP contribution in [0.3, 0.4) is 0 Å². The Morgan fingerprint density at radius 3 is 2.32 bits per heavy atom. The Balaban J connectivity index is 2.07. The van der Waals surface area contributed by atoms with Gasteiger partial charge < -0.3 is 20.0 Å². The maximum atomic E-state index is 12.7. The molecule has 2 aromatic carbocycles. The number of ether oxygens (including phenoxy) is 1. The number of carbonyl (C=O) groups excluding carboxylic acids is 2. The number of anilines is 1. The second-order valence-corrected chi connectivity index (χ2v) is 5.14. The van der Waals surface area contributed by atoms with Gasteiger partial charge in [0.2, 0.25) is 0 Å². The summed E-state index contributed by atoms with van der Waals surface area (Å²) in [5.74, 6) is -1.78. The lowest BCUT2D eigenvalue weighted by atomic mass is 10.1. The lowest BCUT2D eigenvalue weighted by molar-refractivity contribution is -0.312. The highest BCUT2D eigenvalue weighted by molar-refractivity contribution is 6.04. The van der Waals surface area contributed by atoms with E-state index in [0.29, 0.717) is 0 Å². The molecule has 0 spiro atoms. The van der Waals surface area contributed by atoms with Gasteiger partial charge in [-0.15, -0.1) is 0 Å². The first-order chi connectivity index (χ1) is 11.7. The van der Waals surface area contributed by atoms with Crippen LogP contribution in [0.2, 0.25) is 0 Å². The maximum absolute atomic E-state index is 12.7. The molecular formula is C17H13F3NO4-. The molecule has 0 saturated carbocycles. The maximum Gasteiger partial charge on any atom is 0.416 e. The summed E-state index contributed by atoms with van der Waals surface area (Å²) >= 11 is 0. The Hall–Kier alpha value is -3.03. The standard InChI is InChI=1S/C17H14F3NO4/c1-10(16(23)24)25-14-7-5-11(6-8-14)15(22)21-13-4-2-3-12(9-13)17(18,19)20/h2-10H,1H3,(H,21,22)(H,23,24)/p-1/t10-/m0/s1. The third-order valence-electron chi connectivity index (χ3n) is 3.21. The number of aliphatic carboxylic acids is 1. The molecule has 1 N–H and O–H groups in total. The molecule has 5 nitrogen and oxygen atoms in total. The molecule has 0 fully saturated rings. The van der Waals surface area contributed by atoms with Crippen molar-refractivity contribution in [2.24, 2.45) is 0 Å². The van der Waals surface area contributed by atoms with E-state index in [1.807, 2.05) is 0 Å². The van der Waals surface area contributed by atoms with E-state index in [2.05, 4.69) is 5.32 Å². The van der Waals surface area contributed by atoms with E-state index in [1.165, 1.54) is 43.3 Å². The van der Waals surface area contributed by atoms with Crippen molar-refractivity contribution >= 4 is 17.6 Å². The highest BCUT2D eigenvalue weighted by Crippen LogP contribution is 2.30. The van der Waals surface area contributed by atoms with E-state index >= 15 is 0 Å². The van der Waals surface area contributed by atoms with Gasteiger partial charge in [0.05, 0.1) is 11.5 Å². The molecule has 0 aromatic heterocycles. The molecule has 0 bridgehead atoms. The Labute approximate surface area is 141 Å². The molecule has 0 unspecified atom stereocenters. The van der Waals surface area contributed by atoms with Gasteiger partial charge in [-0.05, 0) is 49.4 Å². The second kappa shape index (κ2) is 7.25. The molecule has 0 heterocycles. The fourth-order valence-corrected chi connectivity index (χ4v) is 1.91.